The van der Waals surface area contributed by atoms with Crippen molar-refractivity contribution in [2.24, 2.45) is 0 Å². The van der Waals surface area contributed by atoms with E-state index in [-0.39, 0.29) is 13.2 Å². The summed E-state index contributed by atoms with van der Waals surface area (Å²) in [4.78, 5) is 22.6. The molecular formula is C13H17BrN2O4. The summed E-state index contributed by atoms with van der Waals surface area (Å²) in [7, 11) is 0. The molecule has 2 amide bonds. The molecule has 2 N–H and O–H groups in total. The van der Waals surface area contributed by atoms with E-state index in [2.05, 4.69) is 26.8 Å². The number of hydrogen-bond donors (Lipinski definition) is 2. The summed E-state index contributed by atoms with van der Waals surface area (Å²) in [6, 6.07) is 5.40. The van der Waals surface area contributed by atoms with E-state index in [0.29, 0.717) is 12.4 Å². The third-order valence-electron chi connectivity index (χ3n) is 2.28. The Hall–Kier alpha value is -1.60. The Kier molecular flexibility index (Phi) is 7.03. The molecule has 0 spiro atoms. The Morgan fingerprint density at radius 2 is 1.85 bits per heavy atom. The zero-order valence-electron chi connectivity index (χ0n) is 11.4. The van der Waals surface area contributed by atoms with E-state index in [1.807, 2.05) is 19.1 Å². The van der Waals surface area contributed by atoms with Gasteiger partial charge >= 0.3 is 0 Å². The van der Waals surface area contributed by atoms with Gasteiger partial charge in [0.25, 0.3) is 11.8 Å². The zero-order valence-corrected chi connectivity index (χ0v) is 13.0. The highest BCUT2D eigenvalue weighted by molar-refractivity contribution is 9.10. The molecule has 110 valence electrons. The highest BCUT2D eigenvalue weighted by Crippen LogP contribution is 2.21. The lowest BCUT2D eigenvalue weighted by Crippen LogP contribution is -2.45. The van der Waals surface area contributed by atoms with E-state index in [0.717, 1.165) is 10.0 Å². The van der Waals surface area contributed by atoms with Gasteiger partial charge in [-0.15, -0.1) is 0 Å². The standard InChI is InChI=1S/C13H17BrN2O4/c1-3-19-7-12(17)15-16-13(18)8-20-10-4-5-11(14)9(2)6-10/h4-6H,3,7-8H2,1-2H3,(H,15,17)(H,16,18). The lowest BCUT2D eigenvalue weighted by atomic mass is 10.2. The van der Waals surface area contributed by atoms with E-state index in [1.165, 1.54) is 0 Å². The monoisotopic (exact) mass is 344 g/mol. The molecule has 0 heterocycles. The lowest BCUT2D eigenvalue weighted by Gasteiger charge is -2.09. The molecule has 20 heavy (non-hydrogen) atoms. The normalized spacial score (nSPS) is 9.95. The first-order valence-electron chi connectivity index (χ1n) is 6.07. The summed E-state index contributed by atoms with van der Waals surface area (Å²) >= 11 is 3.38. The second-order valence-electron chi connectivity index (χ2n) is 3.93. The number of halogens is 1. The molecule has 0 atom stereocenters. The van der Waals surface area contributed by atoms with Crippen molar-refractivity contribution in [1.82, 2.24) is 10.9 Å². The Morgan fingerprint density at radius 1 is 1.20 bits per heavy atom. The Labute approximate surface area is 125 Å². The maximum Gasteiger partial charge on any atom is 0.276 e. The Bertz CT molecular complexity index is 479. The van der Waals surface area contributed by atoms with Crippen LogP contribution in [0.3, 0.4) is 0 Å². The van der Waals surface area contributed by atoms with Gasteiger partial charge in [-0.05, 0) is 37.6 Å². The minimum atomic E-state index is -0.449. The average Bonchev–Trinajstić information content (AvgIpc) is 2.44. The van der Waals surface area contributed by atoms with Crippen LogP contribution in [0.4, 0.5) is 0 Å². The summed E-state index contributed by atoms with van der Waals surface area (Å²) in [5, 5.41) is 0. The van der Waals surface area contributed by atoms with Gasteiger partial charge in [-0.1, -0.05) is 15.9 Å². The van der Waals surface area contributed by atoms with Gasteiger partial charge in [-0.3, -0.25) is 20.4 Å². The van der Waals surface area contributed by atoms with Crippen molar-refractivity contribution in [3.8, 4) is 5.75 Å². The van der Waals surface area contributed by atoms with Gasteiger partial charge in [0.05, 0.1) is 0 Å². The van der Waals surface area contributed by atoms with Gasteiger partial charge in [0.15, 0.2) is 6.61 Å². The van der Waals surface area contributed by atoms with Crippen LogP contribution in [-0.2, 0) is 14.3 Å². The van der Waals surface area contributed by atoms with Crippen molar-refractivity contribution in [1.29, 1.82) is 0 Å². The molecule has 0 aliphatic carbocycles. The maximum atomic E-state index is 11.4. The fourth-order valence-electron chi connectivity index (χ4n) is 1.26. The van der Waals surface area contributed by atoms with E-state index in [9.17, 15) is 9.59 Å². The fourth-order valence-corrected chi connectivity index (χ4v) is 1.51. The Morgan fingerprint density at radius 3 is 2.45 bits per heavy atom. The first-order valence-corrected chi connectivity index (χ1v) is 6.86. The van der Waals surface area contributed by atoms with Crippen LogP contribution in [0.25, 0.3) is 0 Å². The van der Waals surface area contributed by atoms with Crippen LogP contribution in [0.1, 0.15) is 12.5 Å². The smallest absolute Gasteiger partial charge is 0.276 e. The number of hydrazine groups is 1. The molecule has 0 aliphatic heterocycles. The predicted molar refractivity (Wildman–Crippen MR) is 77.2 cm³/mol. The maximum absolute atomic E-state index is 11.4. The molecule has 0 saturated carbocycles. The molecule has 0 aromatic heterocycles. The second kappa shape index (κ2) is 8.55. The van der Waals surface area contributed by atoms with E-state index in [1.54, 1.807) is 13.0 Å². The van der Waals surface area contributed by atoms with Crippen molar-refractivity contribution in [2.45, 2.75) is 13.8 Å². The van der Waals surface area contributed by atoms with E-state index >= 15 is 0 Å². The number of aryl methyl sites for hydroxylation is 1. The summed E-state index contributed by atoms with van der Waals surface area (Å²) < 4.78 is 11.2. The average molecular weight is 345 g/mol. The van der Waals surface area contributed by atoms with Crippen LogP contribution in [-0.4, -0.2) is 31.6 Å². The zero-order chi connectivity index (χ0) is 15.0. The molecule has 1 aromatic rings. The number of amides is 2. The van der Waals surface area contributed by atoms with Crippen molar-refractivity contribution in [3.05, 3.63) is 28.2 Å². The molecule has 0 radical (unpaired) electrons. The molecular weight excluding hydrogens is 328 g/mol. The SMILES string of the molecule is CCOCC(=O)NNC(=O)COc1ccc(Br)c(C)c1. The largest absolute Gasteiger partial charge is 0.484 e. The van der Waals surface area contributed by atoms with E-state index in [4.69, 9.17) is 9.47 Å². The molecule has 7 heteroatoms. The molecule has 6 nitrogen and oxygen atoms in total. The van der Waals surface area contributed by atoms with Gasteiger partial charge in [0, 0.05) is 11.1 Å². The van der Waals surface area contributed by atoms with Crippen LogP contribution in [0, 0.1) is 6.92 Å². The number of ether oxygens (including phenoxy) is 2. The van der Waals surface area contributed by atoms with Crippen molar-refractivity contribution < 1.29 is 19.1 Å². The van der Waals surface area contributed by atoms with Gasteiger partial charge in [0.2, 0.25) is 0 Å². The highest BCUT2D eigenvalue weighted by Gasteiger charge is 2.06. The number of nitrogens with one attached hydrogen (secondary N) is 2. The van der Waals surface area contributed by atoms with Gasteiger partial charge in [-0.25, -0.2) is 0 Å². The molecule has 1 rings (SSSR count). The van der Waals surface area contributed by atoms with Crippen molar-refractivity contribution >= 4 is 27.7 Å². The Balaban J connectivity index is 2.29. The summed E-state index contributed by atoms with van der Waals surface area (Å²) in [5.41, 5.74) is 5.47. The first-order chi connectivity index (χ1) is 9.52. The molecule has 0 aliphatic rings. The summed E-state index contributed by atoms with van der Waals surface area (Å²) in [5.74, 6) is -0.281. The molecule has 1 aromatic carbocycles. The molecule has 0 saturated heterocycles. The fraction of sp³-hybridized carbons (Fsp3) is 0.385. The topological polar surface area (TPSA) is 76.7 Å². The van der Waals surface area contributed by atoms with Gasteiger partial charge < -0.3 is 9.47 Å². The first kappa shape index (κ1) is 16.5. The van der Waals surface area contributed by atoms with Crippen LogP contribution >= 0.6 is 15.9 Å². The number of benzene rings is 1. The predicted octanol–water partition coefficient (Wildman–Crippen LogP) is 1.32. The number of hydrogen-bond acceptors (Lipinski definition) is 4. The van der Waals surface area contributed by atoms with Crippen molar-refractivity contribution in [3.63, 3.8) is 0 Å². The number of carbonyl (C=O) groups excluding carboxylic acids is 2. The van der Waals surface area contributed by atoms with E-state index < -0.39 is 11.8 Å². The van der Waals surface area contributed by atoms with Crippen LogP contribution in [0.15, 0.2) is 22.7 Å². The molecule has 0 fully saturated rings. The van der Waals surface area contributed by atoms with Gasteiger partial charge in [-0.2, -0.15) is 0 Å². The second-order valence-corrected chi connectivity index (χ2v) is 4.79. The number of rotatable bonds is 6. The van der Waals surface area contributed by atoms with Crippen LogP contribution in [0.2, 0.25) is 0 Å². The third-order valence-corrected chi connectivity index (χ3v) is 3.17. The highest BCUT2D eigenvalue weighted by atomic mass is 79.9. The minimum Gasteiger partial charge on any atom is -0.484 e. The van der Waals surface area contributed by atoms with Crippen LogP contribution < -0.4 is 15.6 Å². The number of carbonyl (C=O) groups is 2. The van der Waals surface area contributed by atoms with Crippen molar-refractivity contribution in [2.75, 3.05) is 19.8 Å². The third kappa shape index (κ3) is 6.03. The molecule has 0 bridgehead atoms. The summed E-state index contributed by atoms with van der Waals surface area (Å²) in [6.45, 7) is 3.86. The minimum absolute atomic E-state index is 0.0937. The lowest BCUT2D eigenvalue weighted by molar-refractivity contribution is -0.132. The molecule has 0 unspecified atom stereocenters. The van der Waals surface area contributed by atoms with Gasteiger partial charge in [0.1, 0.15) is 12.4 Å². The summed E-state index contributed by atoms with van der Waals surface area (Å²) in [6.07, 6.45) is 0. The quantitative estimate of drug-likeness (QED) is 0.763. The van der Waals surface area contributed by atoms with Crippen LogP contribution in [0.5, 0.6) is 5.75 Å².